The third kappa shape index (κ3) is 3.13. The molecule has 0 radical (unpaired) electrons. The van der Waals surface area contributed by atoms with Crippen molar-refractivity contribution in [3.05, 3.63) is 54.4 Å². The van der Waals surface area contributed by atoms with Crippen molar-refractivity contribution in [1.82, 2.24) is 4.31 Å². The third-order valence-corrected chi connectivity index (χ3v) is 5.44. The highest BCUT2D eigenvalue weighted by Gasteiger charge is 2.35. The number of hydrogen-bond acceptors (Lipinski definition) is 3. The minimum absolute atomic E-state index is 0.215. The van der Waals surface area contributed by atoms with E-state index in [0.717, 1.165) is 5.56 Å². The van der Waals surface area contributed by atoms with Crippen LogP contribution in [0.4, 0.5) is 0 Å². The van der Waals surface area contributed by atoms with Gasteiger partial charge in [-0.1, -0.05) is 23.8 Å². The van der Waals surface area contributed by atoms with Crippen molar-refractivity contribution >= 4 is 10.0 Å². The van der Waals surface area contributed by atoms with Crippen molar-refractivity contribution in [2.45, 2.75) is 44.2 Å². The summed E-state index contributed by atoms with van der Waals surface area (Å²) >= 11 is 0. The van der Waals surface area contributed by atoms with Gasteiger partial charge in [-0.15, -0.1) is 6.58 Å². The highest BCUT2D eigenvalue weighted by molar-refractivity contribution is 7.89. The molecule has 0 unspecified atom stereocenters. The lowest BCUT2D eigenvalue weighted by Gasteiger charge is -2.37. The summed E-state index contributed by atoms with van der Waals surface area (Å²) in [7, 11) is -3.57. The van der Waals surface area contributed by atoms with Gasteiger partial charge < -0.3 is 4.74 Å². The molecule has 0 amide bonds. The van der Waals surface area contributed by atoms with E-state index in [1.54, 1.807) is 43.5 Å². The van der Waals surface area contributed by atoms with Crippen molar-refractivity contribution in [3.63, 3.8) is 0 Å². The van der Waals surface area contributed by atoms with Gasteiger partial charge in [0.15, 0.2) is 0 Å². The molecule has 5 heteroatoms. The predicted octanol–water partition coefficient (Wildman–Crippen LogP) is 3.21. The van der Waals surface area contributed by atoms with Crippen molar-refractivity contribution in [2.24, 2.45) is 0 Å². The first-order valence-corrected chi connectivity index (χ1v) is 8.36. The van der Waals surface area contributed by atoms with Crippen LogP contribution in [0.2, 0.25) is 0 Å². The molecule has 0 saturated heterocycles. The lowest BCUT2D eigenvalue weighted by Crippen LogP contribution is -2.45. The Bertz CT molecular complexity index is 647. The Hall–Kier alpha value is -1.75. The number of hydrogen-bond donors (Lipinski definition) is 0. The van der Waals surface area contributed by atoms with E-state index in [4.69, 9.17) is 4.74 Å². The molecule has 1 aromatic rings. The van der Waals surface area contributed by atoms with Crippen molar-refractivity contribution in [2.75, 3.05) is 0 Å². The summed E-state index contributed by atoms with van der Waals surface area (Å²) in [6.45, 7) is 9.24. The molecule has 1 aliphatic rings. The smallest absolute Gasteiger partial charge is 0.264 e. The van der Waals surface area contributed by atoms with Crippen LogP contribution in [-0.4, -0.2) is 24.9 Å². The normalized spacial score (nSPS) is 22.4. The maximum atomic E-state index is 12.8. The first kappa shape index (κ1) is 15.6. The Balaban J connectivity index is 2.40. The van der Waals surface area contributed by atoms with Crippen molar-refractivity contribution in [1.29, 1.82) is 0 Å². The van der Waals surface area contributed by atoms with Gasteiger partial charge in [0, 0.05) is 6.42 Å². The number of aryl methyl sites for hydroxylation is 1. The van der Waals surface area contributed by atoms with Crippen LogP contribution < -0.4 is 0 Å². The van der Waals surface area contributed by atoms with Crippen LogP contribution in [0, 0.1) is 6.92 Å². The molecule has 0 N–H and O–H groups in total. The molecule has 0 bridgehead atoms. The van der Waals surface area contributed by atoms with Gasteiger partial charge in [0.1, 0.15) is 11.9 Å². The van der Waals surface area contributed by atoms with Crippen LogP contribution in [0.5, 0.6) is 0 Å². The summed E-state index contributed by atoms with van der Waals surface area (Å²) in [6.07, 6.45) is 3.69. The lowest BCUT2D eigenvalue weighted by atomic mass is 10.1. The van der Waals surface area contributed by atoms with Crippen LogP contribution in [0.1, 0.15) is 25.8 Å². The summed E-state index contributed by atoms with van der Waals surface area (Å²) < 4.78 is 32.7. The van der Waals surface area contributed by atoms with Gasteiger partial charge in [-0.3, -0.25) is 4.31 Å². The van der Waals surface area contributed by atoms with Crippen LogP contribution >= 0.6 is 0 Å². The zero-order valence-corrected chi connectivity index (χ0v) is 13.4. The van der Waals surface area contributed by atoms with Gasteiger partial charge in [0.2, 0.25) is 0 Å². The molecular formula is C16H21NO3S. The molecule has 0 aromatic heterocycles. The molecule has 0 saturated carbocycles. The summed E-state index contributed by atoms with van der Waals surface area (Å²) in [5.41, 5.74) is 1.03. The molecule has 4 nitrogen and oxygen atoms in total. The van der Waals surface area contributed by atoms with Crippen LogP contribution in [0.15, 0.2) is 53.8 Å². The summed E-state index contributed by atoms with van der Waals surface area (Å²) in [4.78, 5) is 0.295. The number of allylic oxidation sites excluding steroid dienone is 1. The number of benzene rings is 1. The summed E-state index contributed by atoms with van der Waals surface area (Å²) in [5.74, 6) is 0.593. The van der Waals surface area contributed by atoms with Crippen molar-refractivity contribution in [3.8, 4) is 0 Å². The second-order valence-electron chi connectivity index (χ2n) is 5.31. The van der Waals surface area contributed by atoms with Crippen LogP contribution in [0.3, 0.4) is 0 Å². The quantitative estimate of drug-likeness (QED) is 0.802. The molecule has 1 aromatic carbocycles. The first-order valence-electron chi connectivity index (χ1n) is 6.92. The number of ether oxygens (including phenoxy) is 1. The largest absolute Gasteiger partial charge is 0.491 e. The molecule has 1 aliphatic heterocycles. The molecule has 0 aliphatic carbocycles. The van der Waals surface area contributed by atoms with E-state index in [1.807, 2.05) is 13.8 Å². The Labute approximate surface area is 126 Å². The lowest BCUT2D eigenvalue weighted by molar-refractivity contribution is 0.0486. The van der Waals surface area contributed by atoms with E-state index in [2.05, 4.69) is 6.58 Å². The Morgan fingerprint density at radius 3 is 2.48 bits per heavy atom. The molecule has 1 heterocycles. The van der Waals surface area contributed by atoms with E-state index in [-0.39, 0.29) is 12.1 Å². The summed E-state index contributed by atoms with van der Waals surface area (Å²) in [6, 6.07) is 6.60. The summed E-state index contributed by atoms with van der Waals surface area (Å²) in [5, 5.41) is 0. The fourth-order valence-electron chi connectivity index (χ4n) is 2.36. The standard InChI is InChI=1S/C16H21NO3S/c1-5-6-16-14(4)17(11-13(3)20-16)21(18,19)15-9-7-12(2)8-10-15/h5,7-11,14,16H,1,6H2,2-4H3/t14-,16+/m0/s1. The SMILES string of the molecule is C=CC[C@H]1OC(C)=CN(S(=O)(=O)c2ccc(C)cc2)[C@H]1C. The van der Waals surface area contributed by atoms with E-state index < -0.39 is 10.0 Å². The zero-order chi connectivity index (χ0) is 15.6. The third-order valence-electron chi connectivity index (χ3n) is 3.58. The van der Waals surface area contributed by atoms with E-state index >= 15 is 0 Å². The second kappa shape index (κ2) is 5.93. The molecule has 2 atom stereocenters. The van der Waals surface area contributed by atoms with E-state index in [0.29, 0.717) is 17.1 Å². The van der Waals surface area contributed by atoms with Gasteiger partial charge in [0.05, 0.1) is 17.1 Å². The molecule has 2 rings (SSSR count). The van der Waals surface area contributed by atoms with E-state index in [1.165, 1.54) is 4.31 Å². The Kier molecular flexibility index (Phi) is 4.42. The van der Waals surface area contributed by atoms with Gasteiger partial charge in [-0.25, -0.2) is 8.42 Å². The fourth-order valence-corrected chi connectivity index (χ4v) is 3.94. The average molecular weight is 307 g/mol. The molecule has 114 valence electrons. The topological polar surface area (TPSA) is 46.6 Å². The minimum atomic E-state index is -3.57. The number of nitrogens with zero attached hydrogens (tertiary/aromatic N) is 1. The predicted molar refractivity (Wildman–Crippen MR) is 83.1 cm³/mol. The van der Waals surface area contributed by atoms with Gasteiger partial charge in [-0.2, -0.15) is 0 Å². The highest BCUT2D eigenvalue weighted by Crippen LogP contribution is 2.28. The maximum absolute atomic E-state index is 12.8. The molecule has 0 fully saturated rings. The van der Waals surface area contributed by atoms with Crippen LogP contribution in [0.25, 0.3) is 0 Å². The molecular weight excluding hydrogens is 286 g/mol. The minimum Gasteiger partial charge on any atom is -0.491 e. The number of rotatable bonds is 4. The fraction of sp³-hybridized carbons (Fsp3) is 0.375. The van der Waals surface area contributed by atoms with Gasteiger partial charge in [-0.05, 0) is 32.9 Å². The van der Waals surface area contributed by atoms with Crippen molar-refractivity contribution < 1.29 is 13.2 Å². The maximum Gasteiger partial charge on any atom is 0.264 e. The monoisotopic (exact) mass is 307 g/mol. The molecule has 0 spiro atoms. The van der Waals surface area contributed by atoms with E-state index in [9.17, 15) is 8.42 Å². The highest BCUT2D eigenvalue weighted by atomic mass is 32.2. The second-order valence-corrected chi connectivity index (χ2v) is 7.15. The Morgan fingerprint density at radius 2 is 1.90 bits per heavy atom. The van der Waals surface area contributed by atoms with Crippen LogP contribution in [-0.2, 0) is 14.8 Å². The molecule has 21 heavy (non-hydrogen) atoms. The first-order chi connectivity index (χ1) is 9.86. The zero-order valence-electron chi connectivity index (χ0n) is 12.6. The average Bonchev–Trinajstić information content (AvgIpc) is 2.43. The number of sulfonamides is 1. The van der Waals surface area contributed by atoms with Gasteiger partial charge >= 0.3 is 0 Å². The van der Waals surface area contributed by atoms with Gasteiger partial charge in [0.25, 0.3) is 10.0 Å². The Morgan fingerprint density at radius 1 is 1.29 bits per heavy atom.